The third kappa shape index (κ3) is 1.57. The average molecular weight is 219 g/mol. The predicted molar refractivity (Wildman–Crippen MR) is 48.4 cm³/mol. The van der Waals surface area contributed by atoms with Crippen LogP contribution in [0.25, 0.3) is 0 Å². The zero-order chi connectivity index (χ0) is 10.1. The number of rotatable bonds is 2. The van der Waals surface area contributed by atoms with Gasteiger partial charge in [-0.2, -0.15) is 0 Å². The van der Waals surface area contributed by atoms with Crippen LogP contribution in [-0.2, 0) is 14.4 Å². The first-order chi connectivity index (χ1) is 6.72. The van der Waals surface area contributed by atoms with Crippen molar-refractivity contribution in [2.45, 2.75) is 12.5 Å². The third-order valence-corrected chi connectivity index (χ3v) is 2.99. The average Bonchev–Trinajstić information content (AvgIpc) is 2.72. The smallest absolute Gasteiger partial charge is 0.268 e. The number of amides is 2. The summed E-state index contributed by atoms with van der Waals surface area (Å²) in [6, 6.07) is -0.462. The minimum atomic E-state index is -0.462. The van der Waals surface area contributed by atoms with Crippen LogP contribution >= 0.6 is 11.6 Å². The maximum absolute atomic E-state index is 11.5. The van der Waals surface area contributed by atoms with Gasteiger partial charge in [-0.1, -0.05) is 0 Å². The second-order valence-corrected chi connectivity index (χ2v) is 3.87. The molecule has 6 heteroatoms. The van der Waals surface area contributed by atoms with Gasteiger partial charge in [0.15, 0.2) is 0 Å². The summed E-state index contributed by atoms with van der Waals surface area (Å²) in [5.41, 5.74) is 2.23. The van der Waals surface area contributed by atoms with Crippen molar-refractivity contribution in [2.24, 2.45) is 5.92 Å². The number of hydroxylamine groups is 1. The van der Waals surface area contributed by atoms with Crippen LogP contribution in [0.15, 0.2) is 0 Å². The number of halogens is 1. The maximum atomic E-state index is 11.5. The molecule has 0 bridgehead atoms. The zero-order valence-corrected chi connectivity index (χ0v) is 8.29. The largest absolute Gasteiger partial charge is 0.328 e. The minimum absolute atomic E-state index is 0.0127. The van der Waals surface area contributed by atoms with Crippen molar-refractivity contribution in [3.8, 4) is 0 Å². The Balaban J connectivity index is 2.04. The first kappa shape index (κ1) is 9.73. The lowest BCUT2D eigenvalue weighted by Gasteiger charge is -2.20. The highest BCUT2D eigenvalue weighted by molar-refractivity contribution is 6.18. The fourth-order valence-corrected chi connectivity index (χ4v) is 1.99. The fraction of sp³-hybridized carbons (Fsp3) is 0.750. The first-order valence-corrected chi connectivity index (χ1v) is 5.03. The molecule has 2 heterocycles. The Bertz CT molecular complexity index is 271. The van der Waals surface area contributed by atoms with E-state index in [0.717, 1.165) is 0 Å². The number of carbonyl (C=O) groups is 2. The molecule has 0 aromatic heterocycles. The molecule has 2 amide bonds. The lowest BCUT2D eigenvalue weighted by molar-refractivity contribution is -0.135. The Labute approximate surface area is 86.3 Å². The van der Waals surface area contributed by atoms with Crippen LogP contribution in [0.4, 0.5) is 0 Å². The molecule has 0 aromatic carbocycles. The van der Waals surface area contributed by atoms with Crippen molar-refractivity contribution >= 4 is 23.4 Å². The molecule has 2 saturated heterocycles. The molecule has 5 nitrogen and oxygen atoms in total. The van der Waals surface area contributed by atoms with Crippen LogP contribution in [0, 0.1) is 5.92 Å². The number of hydrogen-bond donors (Lipinski definition) is 1. The maximum Gasteiger partial charge on any atom is 0.268 e. The van der Waals surface area contributed by atoms with Gasteiger partial charge in [0.05, 0.1) is 0 Å². The summed E-state index contributed by atoms with van der Waals surface area (Å²) in [5.74, 6) is 0.365. The van der Waals surface area contributed by atoms with Crippen molar-refractivity contribution < 1.29 is 14.4 Å². The molecular weight excluding hydrogens is 208 g/mol. The molecule has 2 atom stereocenters. The zero-order valence-electron chi connectivity index (χ0n) is 7.53. The summed E-state index contributed by atoms with van der Waals surface area (Å²) in [7, 11) is 0. The lowest BCUT2D eigenvalue weighted by atomic mass is 10.1. The van der Waals surface area contributed by atoms with Gasteiger partial charge in [0.1, 0.15) is 12.6 Å². The van der Waals surface area contributed by atoms with Gasteiger partial charge in [0.25, 0.3) is 5.91 Å². The van der Waals surface area contributed by atoms with Crippen LogP contribution < -0.4 is 5.48 Å². The molecule has 2 rings (SSSR count). The Morgan fingerprint density at radius 1 is 1.57 bits per heavy atom. The second-order valence-electron chi connectivity index (χ2n) is 3.56. The highest BCUT2D eigenvalue weighted by Crippen LogP contribution is 2.22. The van der Waals surface area contributed by atoms with Gasteiger partial charge in [-0.05, 0) is 5.92 Å². The quantitative estimate of drug-likeness (QED) is 0.636. The van der Waals surface area contributed by atoms with Gasteiger partial charge in [0, 0.05) is 18.8 Å². The summed E-state index contributed by atoms with van der Waals surface area (Å²) in [6.07, 6.45) is 0.438. The van der Waals surface area contributed by atoms with Crippen molar-refractivity contribution in [3.05, 3.63) is 0 Å². The van der Waals surface area contributed by atoms with E-state index in [1.807, 2.05) is 0 Å². The van der Waals surface area contributed by atoms with E-state index in [2.05, 4.69) is 5.48 Å². The van der Waals surface area contributed by atoms with E-state index in [9.17, 15) is 9.59 Å². The Morgan fingerprint density at radius 3 is 2.86 bits per heavy atom. The van der Waals surface area contributed by atoms with Crippen molar-refractivity contribution in [2.75, 3.05) is 19.0 Å². The molecule has 0 aliphatic carbocycles. The molecule has 1 unspecified atom stereocenters. The van der Waals surface area contributed by atoms with E-state index in [-0.39, 0.29) is 24.3 Å². The molecular formula is C8H11ClN2O3. The van der Waals surface area contributed by atoms with E-state index in [1.54, 1.807) is 4.90 Å². The van der Waals surface area contributed by atoms with Gasteiger partial charge in [-0.25, -0.2) is 5.48 Å². The van der Waals surface area contributed by atoms with E-state index in [4.69, 9.17) is 16.4 Å². The highest BCUT2D eigenvalue weighted by Gasteiger charge is 2.40. The summed E-state index contributed by atoms with van der Waals surface area (Å²) >= 11 is 5.67. The monoisotopic (exact) mass is 218 g/mol. The number of likely N-dealkylation sites (tertiary alicyclic amines) is 1. The molecule has 0 spiro atoms. The van der Waals surface area contributed by atoms with Gasteiger partial charge in [0.2, 0.25) is 5.91 Å². The molecule has 0 radical (unpaired) electrons. The van der Waals surface area contributed by atoms with Crippen LogP contribution in [0.3, 0.4) is 0 Å². The molecule has 2 aliphatic heterocycles. The molecule has 2 aliphatic rings. The van der Waals surface area contributed by atoms with Crippen molar-refractivity contribution in [1.29, 1.82) is 0 Å². The Kier molecular flexibility index (Phi) is 2.60. The van der Waals surface area contributed by atoms with Crippen LogP contribution in [0.1, 0.15) is 6.42 Å². The summed E-state index contributed by atoms with van der Waals surface area (Å²) in [6.45, 7) is 0.795. The van der Waals surface area contributed by atoms with Gasteiger partial charge in [-0.3, -0.25) is 14.4 Å². The fourth-order valence-electron chi connectivity index (χ4n) is 1.78. The molecule has 2 fully saturated rings. The van der Waals surface area contributed by atoms with Gasteiger partial charge >= 0.3 is 0 Å². The van der Waals surface area contributed by atoms with E-state index >= 15 is 0 Å². The normalized spacial score (nSPS) is 32.5. The van der Waals surface area contributed by atoms with Crippen LogP contribution in [0.5, 0.6) is 0 Å². The third-order valence-electron chi connectivity index (χ3n) is 2.55. The van der Waals surface area contributed by atoms with Crippen molar-refractivity contribution in [3.63, 3.8) is 0 Å². The number of carbonyl (C=O) groups excluding carboxylic acids is 2. The van der Waals surface area contributed by atoms with Crippen LogP contribution in [0.2, 0.25) is 0 Å². The topological polar surface area (TPSA) is 58.6 Å². The van der Waals surface area contributed by atoms with E-state index < -0.39 is 6.04 Å². The number of alkyl halides is 1. The number of nitrogens with zero attached hydrogens (tertiary/aromatic N) is 1. The van der Waals surface area contributed by atoms with Crippen molar-refractivity contribution in [1.82, 2.24) is 10.4 Å². The second kappa shape index (κ2) is 3.74. The standard InChI is InChI=1S/C8H11ClN2O3/c9-2-5-1-7(12)11(3-5)6-4-14-10-8(6)13/h5-6H,1-4H2,(H,10,13)/t5?,6-/m0/s1. The highest BCUT2D eigenvalue weighted by atomic mass is 35.5. The molecule has 0 saturated carbocycles. The minimum Gasteiger partial charge on any atom is -0.328 e. The molecule has 0 aromatic rings. The van der Waals surface area contributed by atoms with E-state index in [1.165, 1.54) is 0 Å². The van der Waals surface area contributed by atoms with E-state index in [0.29, 0.717) is 18.8 Å². The number of hydrogen-bond acceptors (Lipinski definition) is 3. The Morgan fingerprint density at radius 2 is 2.36 bits per heavy atom. The summed E-state index contributed by atoms with van der Waals surface area (Å²) in [5, 5.41) is 0. The SMILES string of the molecule is O=C1NOC[C@@H]1N1CC(CCl)CC1=O. The summed E-state index contributed by atoms with van der Waals surface area (Å²) in [4.78, 5) is 29.1. The molecule has 78 valence electrons. The Hall–Kier alpha value is -0.810. The van der Waals surface area contributed by atoms with Crippen LogP contribution in [-0.4, -0.2) is 41.8 Å². The molecule has 14 heavy (non-hydrogen) atoms. The van der Waals surface area contributed by atoms with Gasteiger partial charge < -0.3 is 4.90 Å². The number of nitrogens with one attached hydrogen (secondary N) is 1. The predicted octanol–water partition coefficient (Wildman–Crippen LogP) is -0.496. The molecule has 1 N–H and O–H groups in total. The lowest BCUT2D eigenvalue weighted by Crippen LogP contribution is -2.43. The first-order valence-electron chi connectivity index (χ1n) is 4.49. The van der Waals surface area contributed by atoms with Gasteiger partial charge in [-0.15, -0.1) is 11.6 Å². The summed E-state index contributed by atoms with van der Waals surface area (Å²) < 4.78 is 0.